The van der Waals surface area contributed by atoms with E-state index in [1.165, 1.54) is 0 Å². The molecule has 0 fully saturated rings. The van der Waals surface area contributed by atoms with Crippen LogP contribution in [0.4, 0.5) is 24.8 Å². The summed E-state index contributed by atoms with van der Waals surface area (Å²) >= 11 is 0. The molecule has 0 aliphatic heterocycles. The second-order valence-electron chi connectivity index (χ2n) is 6.84. The molecule has 0 aliphatic rings. The molecule has 3 aromatic rings. The summed E-state index contributed by atoms with van der Waals surface area (Å²) in [5.74, 6) is 0.816. The van der Waals surface area contributed by atoms with E-state index in [1.54, 1.807) is 12.1 Å². The predicted molar refractivity (Wildman–Crippen MR) is 89.7 cm³/mol. The van der Waals surface area contributed by atoms with Crippen LogP contribution < -0.4 is 5.32 Å². The molecule has 8 heteroatoms. The van der Waals surface area contributed by atoms with Crippen LogP contribution in [-0.2, 0) is 18.6 Å². The Morgan fingerprint density at radius 1 is 1.04 bits per heavy atom. The zero-order valence-corrected chi connectivity index (χ0v) is 14.3. The average Bonchev–Trinajstić information content (AvgIpc) is 2.83. The molecule has 0 unspecified atom stereocenters. The van der Waals surface area contributed by atoms with Gasteiger partial charge in [0.2, 0.25) is 5.95 Å². The molecule has 2 aromatic heterocycles. The Hall–Kier alpha value is -2.64. The molecule has 0 spiro atoms. The number of anilines is 2. The maximum atomic E-state index is 12.7. The number of aromatic nitrogens is 4. The number of aryl methyl sites for hydroxylation is 1. The maximum Gasteiger partial charge on any atom is 0.433 e. The third kappa shape index (κ3) is 3.42. The lowest BCUT2D eigenvalue weighted by Crippen LogP contribution is -2.17. The van der Waals surface area contributed by atoms with E-state index in [0.717, 1.165) is 29.1 Å². The Labute approximate surface area is 142 Å². The third-order valence-corrected chi connectivity index (χ3v) is 3.75. The van der Waals surface area contributed by atoms with Crippen LogP contribution in [0.2, 0.25) is 0 Å². The summed E-state index contributed by atoms with van der Waals surface area (Å²) in [6, 6.07) is 6.24. The SMILES string of the molecule is Cn1c(C(C)(C)C)nc2cc(Nc3nccc(C(F)(F)F)n3)ccc21. The summed E-state index contributed by atoms with van der Waals surface area (Å²) in [5.41, 5.74) is 1.17. The van der Waals surface area contributed by atoms with Gasteiger partial charge in [0.15, 0.2) is 0 Å². The number of hydrogen-bond acceptors (Lipinski definition) is 4. The van der Waals surface area contributed by atoms with Gasteiger partial charge in [-0.05, 0) is 24.3 Å². The number of rotatable bonds is 2. The van der Waals surface area contributed by atoms with E-state index in [1.807, 2.05) is 17.7 Å². The smallest absolute Gasteiger partial charge is 0.331 e. The van der Waals surface area contributed by atoms with Crippen LogP contribution in [0.25, 0.3) is 11.0 Å². The summed E-state index contributed by atoms with van der Waals surface area (Å²) in [7, 11) is 1.94. The number of halogens is 3. The number of alkyl halides is 3. The van der Waals surface area contributed by atoms with Crippen LogP contribution in [0.3, 0.4) is 0 Å². The van der Waals surface area contributed by atoms with Crippen molar-refractivity contribution in [1.82, 2.24) is 19.5 Å². The Morgan fingerprint density at radius 3 is 2.40 bits per heavy atom. The molecule has 5 nitrogen and oxygen atoms in total. The molecule has 0 aliphatic carbocycles. The Kier molecular flexibility index (Phi) is 3.93. The fourth-order valence-electron chi connectivity index (χ4n) is 2.65. The normalized spacial score (nSPS) is 12.6. The summed E-state index contributed by atoms with van der Waals surface area (Å²) in [6.45, 7) is 6.22. The van der Waals surface area contributed by atoms with Gasteiger partial charge in [0.05, 0.1) is 11.0 Å². The van der Waals surface area contributed by atoms with Gasteiger partial charge < -0.3 is 9.88 Å². The van der Waals surface area contributed by atoms with Gasteiger partial charge in [0.25, 0.3) is 0 Å². The van der Waals surface area contributed by atoms with E-state index < -0.39 is 11.9 Å². The first-order valence-corrected chi connectivity index (χ1v) is 7.70. The highest BCUT2D eigenvalue weighted by atomic mass is 19.4. The number of benzene rings is 1. The zero-order chi connectivity index (χ0) is 18.4. The van der Waals surface area contributed by atoms with Crippen LogP contribution in [-0.4, -0.2) is 19.5 Å². The third-order valence-electron chi connectivity index (χ3n) is 3.75. The fourth-order valence-corrected chi connectivity index (χ4v) is 2.65. The van der Waals surface area contributed by atoms with Gasteiger partial charge in [-0.2, -0.15) is 13.2 Å². The molecule has 25 heavy (non-hydrogen) atoms. The van der Waals surface area contributed by atoms with Crippen LogP contribution in [0.15, 0.2) is 30.5 Å². The molecule has 0 atom stereocenters. The maximum absolute atomic E-state index is 12.7. The van der Waals surface area contributed by atoms with Crippen molar-refractivity contribution in [2.45, 2.75) is 32.4 Å². The van der Waals surface area contributed by atoms with Crippen molar-refractivity contribution in [2.24, 2.45) is 7.05 Å². The van der Waals surface area contributed by atoms with Gasteiger partial charge in [-0.3, -0.25) is 0 Å². The highest BCUT2D eigenvalue weighted by molar-refractivity contribution is 5.81. The van der Waals surface area contributed by atoms with Gasteiger partial charge in [0.1, 0.15) is 11.5 Å². The first kappa shape index (κ1) is 17.2. The molecule has 0 saturated carbocycles. The predicted octanol–water partition coefficient (Wildman–Crippen LogP) is 4.42. The second-order valence-corrected chi connectivity index (χ2v) is 6.84. The zero-order valence-electron chi connectivity index (χ0n) is 14.3. The number of hydrogen-bond donors (Lipinski definition) is 1. The number of nitrogens with one attached hydrogen (secondary N) is 1. The second kappa shape index (κ2) is 5.72. The quantitative estimate of drug-likeness (QED) is 0.744. The van der Waals surface area contributed by atoms with Crippen molar-refractivity contribution in [2.75, 3.05) is 5.32 Å². The topological polar surface area (TPSA) is 55.6 Å². The molecule has 2 heterocycles. The molecule has 0 amide bonds. The summed E-state index contributed by atoms with van der Waals surface area (Å²) < 4.78 is 40.2. The largest absolute Gasteiger partial charge is 0.433 e. The minimum Gasteiger partial charge on any atom is -0.331 e. The molecule has 0 saturated heterocycles. The van der Waals surface area contributed by atoms with E-state index in [4.69, 9.17) is 0 Å². The Balaban J connectivity index is 1.95. The minimum absolute atomic E-state index is 0.110. The van der Waals surface area contributed by atoms with Crippen molar-refractivity contribution in [1.29, 1.82) is 0 Å². The van der Waals surface area contributed by atoms with Crippen molar-refractivity contribution in [3.05, 3.63) is 42.0 Å². The van der Waals surface area contributed by atoms with Gasteiger partial charge in [-0.1, -0.05) is 20.8 Å². The summed E-state index contributed by atoms with van der Waals surface area (Å²) in [6.07, 6.45) is -3.43. The van der Waals surface area contributed by atoms with Crippen molar-refractivity contribution < 1.29 is 13.2 Å². The lowest BCUT2D eigenvalue weighted by molar-refractivity contribution is -0.141. The van der Waals surface area contributed by atoms with Gasteiger partial charge in [0, 0.05) is 24.3 Å². The minimum atomic E-state index is -4.51. The summed E-state index contributed by atoms with van der Waals surface area (Å²) in [4.78, 5) is 12.0. The molecular formula is C17H18F3N5. The van der Waals surface area contributed by atoms with Gasteiger partial charge in [-0.25, -0.2) is 15.0 Å². The first-order chi connectivity index (χ1) is 11.6. The molecule has 3 rings (SSSR count). The fraction of sp³-hybridized carbons (Fsp3) is 0.353. The Bertz CT molecular complexity index is 922. The highest BCUT2D eigenvalue weighted by Crippen LogP contribution is 2.29. The number of nitrogens with zero attached hydrogens (tertiary/aromatic N) is 4. The summed E-state index contributed by atoms with van der Waals surface area (Å²) in [5, 5.41) is 2.80. The van der Waals surface area contributed by atoms with Crippen molar-refractivity contribution in [3.8, 4) is 0 Å². The molecule has 1 N–H and O–H groups in total. The van der Waals surface area contributed by atoms with Crippen molar-refractivity contribution >= 4 is 22.7 Å². The first-order valence-electron chi connectivity index (χ1n) is 7.70. The molecule has 132 valence electrons. The lowest BCUT2D eigenvalue weighted by Gasteiger charge is -2.17. The molecule has 0 radical (unpaired) electrons. The van der Waals surface area contributed by atoms with E-state index in [0.29, 0.717) is 5.69 Å². The van der Waals surface area contributed by atoms with Crippen LogP contribution >= 0.6 is 0 Å². The molecule has 1 aromatic carbocycles. The van der Waals surface area contributed by atoms with E-state index in [9.17, 15) is 13.2 Å². The highest BCUT2D eigenvalue weighted by Gasteiger charge is 2.32. The standard InChI is InChI=1S/C17H18F3N5/c1-16(2,3)14-23-11-9-10(5-6-12(11)25(14)4)22-15-21-8-7-13(24-15)17(18,19)20/h5-9H,1-4H3,(H,21,22,24). The number of imidazole rings is 1. The monoisotopic (exact) mass is 349 g/mol. The van der Waals surface area contributed by atoms with E-state index in [-0.39, 0.29) is 11.4 Å². The van der Waals surface area contributed by atoms with Crippen molar-refractivity contribution in [3.63, 3.8) is 0 Å². The van der Waals surface area contributed by atoms with Gasteiger partial charge in [-0.15, -0.1) is 0 Å². The van der Waals surface area contributed by atoms with E-state index in [2.05, 4.69) is 41.0 Å². The average molecular weight is 349 g/mol. The number of fused-ring (bicyclic) bond motifs is 1. The van der Waals surface area contributed by atoms with Crippen LogP contribution in [0.1, 0.15) is 32.3 Å². The Morgan fingerprint density at radius 2 is 1.76 bits per heavy atom. The molecule has 0 bridgehead atoms. The van der Waals surface area contributed by atoms with E-state index >= 15 is 0 Å². The lowest BCUT2D eigenvalue weighted by atomic mass is 9.96. The van der Waals surface area contributed by atoms with Crippen LogP contribution in [0, 0.1) is 0 Å². The molecular weight excluding hydrogens is 331 g/mol. The van der Waals surface area contributed by atoms with Crippen LogP contribution in [0.5, 0.6) is 0 Å². The van der Waals surface area contributed by atoms with Gasteiger partial charge >= 0.3 is 6.18 Å².